The molecule has 0 atom stereocenters. The van der Waals surface area contributed by atoms with Gasteiger partial charge in [0.15, 0.2) is 5.82 Å². The van der Waals surface area contributed by atoms with Gasteiger partial charge in [0.2, 0.25) is 0 Å². The zero-order chi connectivity index (χ0) is 20.5. The number of hydrogen-bond acceptors (Lipinski definition) is 6. The van der Waals surface area contributed by atoms with Crippen molar-refractivity contribution < 1.29 is 13.9 Å². The van der Waals surface area contributed by atoms with Gasteiger partial charge in [0.05, 0.1) is 11.9 Å². The quantitative estimate of drug-likeness (QED) is 0.300. The van der Waals surface area contributed by atoms with Gasteiger partial charge in [-0.1, -0.05) is 13.0 Å². The molecule has 0 saturated heterocycles. The molecule has 1 aromatic carbocycles. The number of hydrogen-bond donors (Lipinski definition) is 0. The van der Waals surface area contributed by atoms with Gasteiger partial charge >= 0.3 is 11.6 Å². The summed E-state index contributed by atoms with van der Waals surface area (Å²) >= 11 is 0. The third-order valence-electron chi connectivity index (χ3n) is 4.81. The van der Waals surface area contributed by atoms with Crippen LogP contribution < -0.4 is 10.4 Å². The highest BCUT2D eigenvalue weighted by atomic mass is 16.5. The molecular formula is C22H19N3O4. The van der Waals surface area contributed by atoms with Crippen LogP contribution in [0.15, 0.2) is 58.0 Å². The molecule has 0 N–H and O–H groups in total. The molecular weight excluding hydrogens is 370 g/mol. The van der Waals surface area contributed by atoms with E-state index in [1.807, 2.05) is 32.0 Å². The number of esters is 1. The summed E-state index contributed by atoms with van der Waals surface area (Å²) in [5.41, 5.74) is 2.56. The van der Waals surface area contributed by atoms with Crippen molar-refractivity contribution in [2.24, 2.45) is 0 Å². The Morgan fingerprint density at radius 3 is 2.76 bits per heavy atom. The molecule has 3 heterocycles. The van der Waals surface area contributed by atoms with E-state index in [0.29, 0.717) is 34.8 Å². The lowest BCUT2D eigenvalue weighted by molar-refractivity contribution is 0.0732. The van der Waals surface area contributed by atoms with Crippen molar-refractivity contribution in [1.29, 1.82) is 0 Å². The molecule has 7 nitrogen and oxygen atoms in total. The van der Waals surface area contributed by atoms with Crippen LogP contribution in [0.2, 0.25) is 0 Å². The van der Waals surface area contributed by atoms with E-state index < -0.39 is 11.6 Å². The number of carbonyl (C=O) groups is 1. The zero-order valence-corrected chi connectivity index (χ0v) is 16.3. The first-order chi connectivity index (χ1) is 14.0. The molecule has 0 radical (unpaired) electrons. The topological polar surface area (TPSA) is 87.2 Å². The largest absolute Gasteiger partial charge is 0.423 e. The Bertz CT molecular complexity index is 1270. The maximum atomic E-state index is 12.8. The third kappa shape index (κ3) is 3.42. The van der Waals surface area contributed by atoms with Crippen LogP contribution in [0.25, 0.3) is 16.8 Å². The van der Waals surface area contributed by atoms with E-state index in [1.54, 1.807) is 29.9 Å². The fourth-order valence-electron chi connectivity index (χ4n) is 3.24. The molecule has 7 heteroatoms. The minimum atomic E-state index is -0.534. The zero-order valence-electron chi connectivity index (χ0n) is 16.3. The van der Waals surface area contributed by atoms with Crippen LogP contribution in [0.1, 0.15) is 34.1 Å². The predicted octanol–water partition coefficient (Wildman–Crippen LogP) is 3.77. The molecule has 0 aliphatic heterocycles. The second-order valence-electron chi connectivity index (χ2n) is 6.69. The monoisotopic (exact) mass is 389 g/mol. The number of aromatic nitrogens is 3. The Morgan fingerprint density at radius 2 is 2.03 bits per heavy atom. The molecule has 0 aliphatic rings. The molecule has 0 bridgehead atoms. The predicted molar refractivity (Wildman–Crippen MR) is 108 cm³/mol. The molecule has 0 aliphatic carbocycles. The summed E-state index contributed by atoms with van der Waals surface area (Å²) < 4.78 is 12.5. The van der Waals surface area contributed by atoms with Gasteiger partial charge in [-0.25, -0.2) is 19.3 Å². The fourth-order valence-corrected chi connectivity index (χ4v) is 3.24. The first kappa shape index (κ1) is 18.6. The van der Waals surface area contributed by atoms with E-state index in [2.05, 4.69) is 10.1 Å². The lowest BCUT2D eigenvalue weighted by Gasteiger charge is -2.11. The first-order valence-corrected chi connectivity index (χ1v) is 9.23. The van der Waals surface area contributed by atoms with Crippen molar-refractivity contribution in [2.45, 2.75) is 27.2 Å². The van der Waals surface area contributed by atoms with Crippen LogP contribution in [-0.4, -0.2) is 20.7 Å². The van der Waals surface area contributed by atoms with E-state index in [4.69, 9.17) is 9.15 Å². The highest BCUT2D eigenvalue weighted by molar-refractivity contribution is 5.93. The van der Waals surface area contributed by atoms with Gasteiger partial charge in [0.1, 0.15) is 16.9 Å². The number of fused-ring (bicyclic) bond motifs is 1. The Labute approximate surface area is 166 Å². The summed E-state index contributed by atoms with van der Waals surface area (Å²) in [5.74, 6) is 0.443. The van der Waals surface area contributed by atoms with Crippen LogP contribution in [0.3, 0.4) is 0 Å². The number of rotatable bonds is 4. The van der Waals surface area contributed by atoms with Gasteiger partial charge in [-0.05, 0) is 49.6 Å². The van der Waals surface area contributed by atoms with Crippen molar-refractivity contribution in [3.63, 3.8) is 0 Å². The Morgan fingerprint density at radius 1 is 1.21 bits per heavy atom. The summed E-state index contributed by atoms with van der Waals surface area (Å²) in [6, 6.07) is 10.4. The van der Waals surface area contributed by atoms with Crippen LogP contribution in [0.4, 0.5) is 0 Å². The molecule has 0 spiro atoms. The minimum absolute atomic E-state index is 0.337. The molecule has 0 amide bonds. The van der Waals surface area contributed by atoms with Gasteiger partial charge in [0.25, 0.3) is 0 Å². The maximum Gasteiger partial charge on any atom is 0.347 e. The van der Waals surface area contributed by atoms with Gasteiger partial charge in [-0.2, -0.15) is 5.10 Å². The summed E-state index contributed by atoms with van der Waals surface area (Å²) in [5, 5.41) is 5.08. The molecule has 0 saturated carbocycles. The Hall–Kier alpha value is -3.74. The van der Waals surface area contributed by atoms with E-state index in [1.165, 1.54) is 12.3 Å². The van der Waals surface area contributed by atoms with Crippen molar-refractivity contribution in [3.05, 3.63) is 81.6 Å². The average molecular weight is 389 g/mol. The van der Waals surface area contributed by atoms with E-state index in [9.17, 15) is 9.59 Å². The second kappa shape index (κ2) is 7.35. The summed E-state index contributed by atoms with van der Waals surface area (Å²) in [7, 11) is 0. The van der Waals surface area contributed by atoms with Crippen LogP contribution in [0, 0.1) is 13.8 Å². The molecule has 0 unspecified atom stereocenters. The van der Waals surface area contributed by atoms with Gasteiger partial charge in [-0.15, -0.1) is 0 Å². The SMILES string of the molecule is CCc1cc2c(C)cc(=O)oc2cc1OC(=O)c1cnn(-c2ccccn2)c1C. The van der Waals surface area contributed by atoms with E-state index in [0.717, 1.165) is 16.5 Å². The third-order valence-corrected chi connectivity index (χ3v) is 4.81. The van der Waals surface area contributed by atoms with E-state index in [-0.39, 0.29) is 0 Å². The number of benzene rings is 1. The molecule has 4 rings (SSSR count). The Balaban J connectivity index is 1.71. The van der Waals surface area contributed by atoms with Crippen molar-refractivity contribution >= 4 is 16.9 Å². The number of ether oxygens (including phenoxy) is 1. The number of carbonyl (C=O) groups excluding carboxylic acids is 1. The van der Waals surface area contributed by atoms with Crippen LogP contribution in [-0.2, 0) is 6.42 Å². The fraction of sp³-hybridized carbons (Fsp3) is 0.182. The molecule has 146 valence electrons. The Kier molecular flexibility index (Phi) is 4.72. The molecule has 0 fully saturated rings. The summed E-state index contributed by atoms with van der Waals surface area (Å²) in [6.45, 7) is 5.60. The van der Waals surface area contributed by atoms with Crippen molar-refractivity contribution in [3.8, 4) is 11.6 Å². The molecule has 29 heavy (non-hydrogen) atoms. The smallest absolute Gasteiger partial charge is 0.347 e. The first-order valence-electron chi connectivity index (χ1n) is 9.23. The lowest BCUT2D eigenvalue weighted by Crippen LogP contribution is -2.12. The van der Waals surface area contributed by atoms with Gasteiger partial charge in [0, 0.05) is 23.7 Å². The normalized spacial score (nSPS) is 11.0. The standard InChI is InChI=1S/C22H19N3O4/c1-4-15-10-16-13(2)9-21(26)28-19(16)11-18(15)29-22(27)17-12-24-25(14(17)3)20-7-5-6-8-23-20/h5-12H,4H2,1-3H3. The van der Waals surface area contributed by atoms with Gasteiger partial charge < -0.3 is 9.15 Å². The molecule has 3 aromatic heterocycles. The maximum absolute atomic E-state index is 12.8. The van der Waals surface area contributed by atoms with Crippen molar-refractivity contribution in [1.82, 2.24) is 14.8 Å². The number of pyridine rings is 1. The van der Waals surface area contributed by atoms with Crippen molar-refractivity contribution in [2.75, 3.05) is 0 Å². The summed E-state index contributed by atoms with van der Waals surface area (Å²) in [6.07, 6.45) is 3.78. The highest BCUT2D eigenvalue weighted by Crippen LogP contribution is 2.28. The number of nitrogens with zero attached hydrogens (tertiary/aromatic N) is 3. The number of aryl methyl sites for hydroxylation is 2. The summed E-state index contributed by atoms with van der Waals surface area (Å²) in [4.78, 5) is 28.8. The second-order valence-corrected chi connectivity index (χ2v) is 6.69. The highest BCUT2D eigenvalue weighted by Gasteiger charge is 2.19. The lowest BCUT2D eigenvalue weighted by atomic mass is 10.1. The molecule has 4 aromatic rings. The van der Waals surface area contributed by atoms with Gasteiger partial charge in [-0.3, -0.25) is 0 Å². The average Bonchev–Trinajstić information content (AvgIpc) is 3.09. The van der Waals surface area contributed by atoms with E-state index >= 15 is 0 Å². The van der Waals surface area contributed by atoms with Crippen LogP contribution in [0.5, 0.6) is 5.75 Å². The van der Waals surface area contributed by atoms with Crippen LogP contribution >= 0.6 is 0 Å². The minimum Gasteiger partial charge on any atom is -0.423 e.